The quantitative estimate of drug-likeness (QED) is 0.253. The summed E-state index contributed by atoms with van der Waals surface area (Å²) < 4.78 is 0. The van der Waals surface area contributed by atoms with Gasteiger partial charge in [0.25, 0.3) is 11.8 Å². The van der Waals surface area contributed by atoms with Crippen molar-refractivity contribution in [2.45, 2.75) is 52.9 Å². The molecule has 216 valence electrons. The van der Waals surface area contributed by atoms with E-state index < -0.39 is 0 Å². The molecule has 1 fully saturated rings. The Bertz CT molecular complexity index is 1570. The number of likely N-dealkylation sites (tertiary alicyclic amines) is 1. The lowest BCUT2D eigenvalue weighted by molar-refractivity contribution is 0.0683. The monoisotopic (exact) mass is 561 g/mol. The van der Waals surface area contributed by atoms with Crippen molar-refractivity contribution in [3.8, 4) is 11.3 Å². The lowest BCUT2D eigenvalue weighted by Gasteiger charge is -2.31. The van der Waals surface area contributed by atoms with Gasteiger partial charge in [-0.3, -0.25) is 9.59 Å². The van der Waals surface area contributed by atoms with Gasteiger partial charge in [0.15, 0.2) is 0 Å². The van der Waals surface area contributed by atoms with Crippen LogP contribution >= 0.6 is 0 Å². The van der Waals surface area contributed by atoms with Gasteiger partial charge in [-0.05, 0) is 90.8 Å². The summed E-state index contributed by atoms with van der Waals surface area (Å²) in [6.45, 7) is 12.3. The molecule has 4 aromatic rings. The fourth-order valence-electron chi connectivity index (χ4n) is 5.32. The number of anilines is 3. The number of amides is 2. The summed E-state index contributed by atoms with van der Waals surface area (Å²) in [5.41, 5.74) is 6.58. The summed E-state index contributed by atoms with van der Waals surface area (Å²) in [6.07, 6.45) is 3.94. The van der Waals surface area contributed by atoms with Crippen molar-refractivity contribution < 1.29 is 9.59 Å². The first-order chi connectivity index (χ1) is 20.1. The van der Waals surface area contributed by atoms with Gasteiger partial charge >= 0.3 is 0 Å². The van der Waals surface area contributed by atoms with Crippen molar-refractivity contribution in [1.82, 2.24) is 14.9 Å². The van der Waals surface area contributed by atoms with Crippen LogP contribution in [0.15, 0.2) is 79.0 Å². The maximum atomic E-state index is 13.0. The van der Waals surface area contributed by atoms with Crippen LogP contribution in [0.2, 0.25) is 0 Å². The van der Waals surface area contributed by atoms with Gasteiger partial charge in [-0.15, -0.1) is 0 Å². The van der Waals surface area contributed by atoms with Crippen molar-refractivity contribution in [2.24, 2.45) is 5.92 Å². The number of benzene rings is 3. The average molecular weight is 562 g/mol. The smallest absolute Gasteiger partial charge is 0.255 e. The van der Waals surface area contributed by atoms with E-state index >= 15 is 0 Å². The van der Waals surface area contributed by atoms with Gasteiger partial charge in [-0.25, -0.2) is 9.97 Å². The van der Waals surface area contributed by atoms with Crippen molar-refractivity contribution in [3.05, 3.63) is 101 Å². The zero-order valence-electron chi connectivity index (χ0n) is 25.1. The molecule has 3 aromatic carbocycles. The molecule has 42 heavy (non-hydrogen) atoms. The molecule has 1 aromatic heterocycles. The first-order valence-corrected chi connectivity index (χ1v) is 14.6. The Morgan fingerprint density at radius 2 is 1.64 bits per heavy atom. The van der Waals surface area contributed by atoms with Crippen molar-refractivity contribution in [1.29, 1.82) is 0 Å². The van der Waals surface area contributed by atoms with Gasteiger partial charge in [0, 0.05) is 47.4 Å². The molecule has 2 N–H and O–H groups in total. The lowest BCUT2D eigenvalue weighted by Crippen LogP contribution is -2.39. The molecule has 5 rings (SSSR count). The first-order valence-electron chi connectivity index (χ1n) is 14.6. The number of hydrogen-bond acceptors (Lipinski definition) is 5. The maximum Gasteiger partial charge on any atom is 0.255 e. The van der Waals surface area contributed by atoms with Crippen molar-refractivity contribution in [3.63, 3.8) is 0 Å². The third kappa shape index (κ3) is 6.68. The molecular weight excluding hydrogens is 522 g/mol. The summed E-state index contributed by atoms with van der Waals surface area (Å²) >= 11 is 0. The number of nitrogens with one attached hydrogen (secondary N) is 2. The highest BCUT2D eigenvalue weighted by molar-refractivity contribution is 6.05. The van der Waals surface area contributed by atoms with Crippen LogP contribution in [0.5, 0.6) is 0 Å². The molecule has 1 atom stereocenters. The van der Waals surface area contributed by atoms with E-state index in [1.54, 1.807) is 6.20 Å². The summed E-state index contributed by atoms with van der Waals surface area (Å²) in [4.78, 5) is 37.0. The van der Waals surface area contributed by atoms with Crippen molar-refractivity contribution >= 4 is 29.1 Å². The standard InChI is InChI=1S/C35H39N5O2/c1-23-8-7-21-40(22-23)33(42)26-13-17-28(18-14-26)37-34-36-20-19-31(39-34)29-9-6-10-30(24(29)2)38-32(41)25-11-15-27(16-12-25)35(3,4)5/h6,9-20,23H,7-8,21-22H2,1-5H3,(H,38,41)(H,36,37,39). The summed E-state index contributed by atoms with van der Waals surface area (Å²) in [5.74, 6) is 0.914. The Morgan fingerprint density at radius 3 is 2.33 bits per heavy atom. The Labute approximate surface area is 248 Å². The largest absolute Gasteiger partial charge is 0.338 e. The van der Waals surface area contributed by atoms with Crippen LogP contribution in [0.1, 0.15) is 72.4 Å². The molecular formula is C35H39N5O2. The summed E-state index contributed by atoms with van der Waals surface area (Å²) in [6, 6.07) is 22.9. The van der Waals surface area contributed by atoms with Gasteiger partial charge in [-0.1, -0.05) is 52.0 Å². The number of carbonyl (C=O) groups is 2. The van der Waals surface area contributed by atoms with Crippen LogP contribution in [0.25, 0.3) is 11.3 Å². The minimum Gasteiger partial charge on any atom is -0.338 e. The molecule has 0 bridgehead atoms. The Balaban J connectivity index is 1.28. The molecule has 0 saturated carbocycles. The van der Waals surface area contributed by atoms with Crippen LogP contribution in [0.3, 0.4) is 0 Å². The highest BCUT2D eigenvalue weighted by Crippen LogP contribution is 2.29. The second-order valence-corrected chi connectivity index (χ2v) is 12.2. The van der Waals surface area contributed by atoms with Gasteiger partial charge in [0.1, 0.15) is 0 Å². The minimum atomic E-state index is -0.155. The zero-order chi connectivity index (χ0) is 29.9. The SMILES string of the molecule is Cc1c(NC(=O)c2ccc(C(C)(C)C)cc2)cccc1-c1ccnc(Nc2ccc(C(=O)N3CCCC(C)C3)cc2)n1. The maximum absolute atomic E-state index is 13.0. The molecule has 0 radical (unpaired) electrons. The fourth-order valence-corrected chi connectivity index (χ4v) is 5.32. The van der Waals surface area contributed by atoms with E-state index in [2.05, 4.69) is 43.3 Å². The summed E-state index contributed by atoms with van der Waals surface area (Å²) in [5, 5.41) is 6.31. The van der Waals surface area contributed by atoms with Crippen LogP contribution in [0.4, 0.5) is 17.3 Å². The lowest BCUT2D eigenvalue weighted by atomic mass is 9.86. The number of carbonyl (C=O) groups excluding carboxylic acids is 2. The number of piperidine rings is 1. The molecule has 1 unspecified atom stereocenters. The molecule has 1 aliphatic rings. The van der Waals surface area contributed by atoms with Crippen LogP contribution < -0.4 is 10.6 Å². The Kier molecular flexibility index (Phi) is 8.39. The van der Waals surface area contributed by atoms with E-state index in [1.807, 2.05) is 84.6 Å². The molecule has 2 heterocycles. The predicted octanol–water partition coefficient (Wildman–Crippen LogP) is 7.62. The van der Waals surface area contributed by atoms with Gasteiger partial charge in [0.2, 0.25) is 5.95 Å². The van der Waals surface area contributed by atoms with E-state index in [0.717, 1.165) is 47.7 Å². The third-order valence-corrected chi connectivity index (χ3v) is 7.86. The normalized spacial score (nSPS) is 15.3. The average Bonchev–Trinajstić information content (AvgIpc) is 2.98. The molecule has 0 aliphatic carbocycles. The molecule has 0 spiro atoms. The highest BCUT2D eigenvalue weighted by Gasteiger charge is 2.22. The Morgan fingerprint density at radius 1 is 0.929 bits per heavy atom. The topological polar surface area (TPSA) is 87.2 Å². The van der Waals surface area contributed by atoms with E-state index in [1.165, 1.54) is 12.0 Å². The van der Waals surface area contributed by atoms with E-state index in [-0.39, 0.29) is 17.2 Å². The molecule has 1 saturated heterocycles. The fraction of sp³-hybridized carbons (Fsp3) is 0.314. The van der Waals surface area contributed by atoms with E-state index in [4.69, 9.17) is 4.98 Å². The van der Waals surface area contributed by atoms with Crippen molar-refractivity contribution in [2.75, 3.05) is 23.7 Å². The number of rotatable bonds is 6. The number of aromatic nitrogens is 2. The van der Waals surface area contributed by atoms with Gasteiger partial charge < -0.3 is 15.5 Å². The number of nitrogens with zero attached hydrogens (tertiary/aromatic N) is 3. The van der Waals surface area contributed by atoms with Crippen LogP contribution in [0, 0.1) is 12.8 Å². The first kappa shape index (κ1) is 29.0. The van der Waals surface area contributed by atoms with Gasteiger partial charge in [0.05, 0.1) is 5.69 Å². The molecule has 1 aliphatic heterocycles. The zero-order valence-corrected chi connectivity index (χ0v) is 25.1. The second-order valence-electron chi connectivity index (χ2n) is 12.2. The highest BCUT2D eigenvalue weighted by atomic mass is 16.2. The van der Waals surface area contributed by atoms with Crippen LogP contribution in [-0.4, -0.2) is 39.8 Å². The molecule has 7 heteroatoms. The van der Waals surface area contributed by atoms with E-state index in [0.29, 0.717) is 23.0 Å². The summed E-state index contributed by atoms with van der Waals surface area (Å²) in [7, 11) is 0. The predicted molar refractivity (Wildman–Crippen MR) is 169 cm³/mol. The van der Waals surface area contributed by atoms with Gasteiger partial charge in [-0.2, -0.15) is 0 Å². The third-order valence-electron chi connectivity index (χ3n) is 7.86. The second kappa shape index (κ2) is 12.1. The minimum absolute atomic E-state index is 0.0272. The molecule has 7 nitrogen and oxygen atoms in total. The molecule has 2 amide bonds. The Hall–Kier alpha value is -4.52. The van der Waals surface area contributed by atoms with Crippen LogP contribution in [-0.2, 0) is 5.41 Å². The van der Waals surface area contributed by atoms with E-state index in [9.17, 15) is 9.59 Å². The number of hydrogen-bond donors (Lipinski definition) is 2.